The average molecular weight is 460 g/mol. The van der Waals surface area contributed by atoms with Gasteiger partial charge in [0.05, 0.1) is 6.61 Å². The minimum atomic E-state index is -0.667. The fraction of sp³-hybridized carbons (Fsp3) is 0.321. The first-order chi connectivity index (χ1) is 16.4. The summed E-state index contributed by atoms with van der Waals surface area (Å²) >= 11 is 0. The normalized spacial score (nSPS) is 11.7. The van der Waals surface area contributed by atoms with Crippen molar-refractivity contribution in [2.24, 2.45) is 5.92 Å². The monoisotopic (exact) mass is 459 g/mol. The molecule has 6 heteroatoms. The number of aromatic nitrogens is 1. The summed E-state index contributed by atoms with van der Waals surface area (Å²) in [6.45, 7) is 9.24. The van der Waals surface area contributed by atoms with Crippen molar-refractivity contribution in [1.82, 2.24) is 15.2 Å². The van der Waals surface area contributed by atoms with E-state index in [1.807, 2.05) is 64.1 Å². The van der Waals surface area contributed by atoms with E-state index in [2.05, 4.69) is 10.3 Å². The molecule has 0 aliphatic heterocycles. The molecule has 0 saturated heterocycles. The first-order valence-electron chi connectivity index (χ1n) is 11.6. The first kappa shape index (κ1) is 25.0. The van der Waals surface area contributed by atoms with Gasteiger partial charge in [-0.25, -0.2) is 0 Å². The Hall–Kier alpha value is -3.67. The molecule has 1 aromatic heterocycles. The smallest absolute Gasteiger partial charge is 0.251 e. The van der Waals surface area contributed by atoms with Crippen LogP contribution in [0.3, 0.4) is 0 Å². The molecule has 178 valence electrons. The zero-order chi connectivity index (χ0) is 24.5. The van der Waals surface area contributed by atoms with Gasteiger partial charge in [0.25, 0.3) is 5.91 Å². The third-order valence-electron chi connectivity index (χ3n) is 5.68. The van der Waals surface area contributed by atoms with Crippen molar-refractivity contribution in [3.8, 4) is 5.75 Å². The molecule has 3 rings (SSSR count). The molecule has 34 heavy (non-hydrogen) atoms. The molecule has 6 nitrogen and oxygen atoms in total. The maximum Gasteiger partial charge on any atom is 0.251 e. The van der Waals surface area contributed by atoms with Crippen LogP contribution in [0.1, 0.15) is 47.8 Å². The lowest BCUT2D eigenvalue weighted by molar-refractivity contribution is -0.135. The fourth-order valence-electron chi connectivity index (χ4n) is 3.72. The van der Waals surface area contributed by atoms with Gasteiger partial charge in [-0.1, -0.05) is 44.2 Å². The maximum absolute atomic E-state index is 13.8. The van der Waals surface area contributed by atoms with Crippen LogP contribution in [-0.4, -0.2) is 34.3 Å². The molecule has 0 aliphatic carbocycles. The second-order valence-electron chi connectivity index (χ2n) is 8.63. The van der Waals surface area contributed by atoms with Crippen LogP contribution in [0.2, 0.25) is 0 Å². The van der Waals surface area contributed by atoms with Crippen LogP contribution >= 0.6 is 0 Å². The molecule has 2 amide bonds. The van der Waals surface area contributed by atoms with Crippen LogP contribution < -0.4 is 10.1 Å². The molecule has 0 saturated carbocycles. The number of amides is 2. The van der Waals surface area contributed by atoms with E-state index in [0.29, 0.717) is 31.0 Å². The number of hydrogen-bond acceptors (Lipinski definition) is 4. The highest BCUT2D eigenvalue weighted by Gasteiger charge is 2.29. The highest BCUT2D eigenvalue weighted by Crippen LogP contribution is 2.18. The number of aryl methyl sites for hydroxylation is 1. The van der Waals surface area contributed by atoms with E-state index in [1.165, 1.54) is 0 Å². The predicted molar refractivity (Wildman–Crippen MR) is 133 cm³/mol. The second-order valence-corrected chi connectivity index (χ2v) is 8.63. The van der Waals surface area contributed by atoms with Crippen molar-refractivity contribution in [1.29, 1.82) is 0 Å². The number of pyridine rings is 1. The van der Waals surface area contributed by atoms with Gasteiger partial charge in [-0.15, -0.1) is 0 Å². The number of rotatable bonds is 10. The molecular formula is C28H33N3O3. The lowest BCUT2D eigenvalue weighted by Crippen LogP contribution is -2.50. The van der Waals surface area contributed by atoms with E-state index < -0.39 is 6.04 Å². The predicted octanol–water partition coefficient (Wildman–Crippen LogP) is 4.77. The van der Waals surface area contributed by atoms with Gasteiger partial charge in [0, 0.05) is 31.0 Å². The minimum Gasteiger partial charge on any atom is -0.494 e. The standard InChI is InChI=1S/C28H33N3O3/c1-5-34-25-14-12-23(13-15-25)27(32)30-26(20(2)3)28(33)31(18-22-10-8-16-29-17-22)19-24-11-7-6-9-21(24)4/h6-17,20,26H,5,18-19H2,1-4H3,(H,30,32). The van der Waals surface area contributed by atoms with Gasteiger partial charge in [0.15, 0.2) is 0 Å². The van der Waals surface area contributed by atoms with Crippen LogP contribution in [0.15, 0.2) is 73.1 Å². The summed E-state index contributed by atoms with van der Waals surface area (Å²) in [6, 6.07) is 18.1. The molecule has 1 N–H and O–H groups in total. The molecule has 0 fully saturated rings. The van der Waals surface area contributed by atoms with Gasteiger partial charge in [-0.2, -0.15) is 0 Å². The summed E-state index contributed by atoms with van der Waals surface area (Å²) < 4.78 is 5.45. The van der Waals surface area contributed by atoms with Crippen molar-refractivity contribution < 1.29 is 14.3 Å². The zero-order valence-electron chi connectivity index (χ0n) is 20.3. The second kappa shape index (κ2) is 12.0. The Bertz CT molecular complexity index is 1080. The third-order valence-corrected chi connectivity index (χ3v) is 5.68. The van der Waals surface area contributed by atoms with Gasteiger partial charge in [0.2, 0.25) is 5.91 Å². The number of benzene rings is 2. The molecular weight excluding hydrogens is 426 g/mol. The SMILES string of the molecule is CCOc1ccc(C(=O)NC(C(=O)N(Cc2cccnc2)Cc2ccccc2C)C(C)C)cc1. The van der Waals surface area contributed by atoms with Gasteiger partial charge in [-0.05, 0) is 66.8 Å². The summed E-state index contributed by atoms with van der Waals surface area (Å²) in [5.41, 5.74) is 3.61. The molecule has 1 heterocycles. The van der Waals surface area contributed by atoms with Crippen LogP contribution in [-0.2, 0) is 17.9 Å². The van der Waals surface area contributed by atoms with Gasteiger partial charge in [-0.3, -0.25) is 14.6 Å². The number of carbonyl (C=O) groups is 2. The third kappa shape index (κ3) is 6.67. The molecule has 0 spiro atoms. The van der Waals surface area contributed by atoms with E-state index in [1.54, 1.807) is 41.6 Å². The van der Waals surface area contributed by atoms with Gasteiger partial charge >= 0.3 is 0 Å². The van der Waals surface area contributed by atoms with Gasteiger partial charge < -0.3 is 15.0 Å². The van der Waals surface area contributed by atoms with Crippen LogP contribution in [0.5, 0.6) is 5.75 Å². The summed E-state index contributed by atoms with van der Waals surface area (Å²) in [4.78, 5) is 32.8. The van der Waals surface area contributed by atoms with Gasteiger partial charge in [0.1, 0.15) is 11.8 Å². The molecule has 3 aromatic rings. The van der Waals surface area contributed by atoms with E-state index in [0.717, 1.165) is 16.7 Å². The molecule has 0 radical (unpaired) electrons. The minimum absolute atomic E-state index is 0.0904. The number of nitrogens with one attached hydrogen (secondary N) is 1. The van der Waals surface area contributed by atoms with Crippen molar-refractivity contribution in [3.63, 3.8) is 0 Å². The highest BCUT2D eigenvalue weighted by atomic mass is 16.5. The summed E-state index contributed by atoms with van der Waals surface area (Å²) in [6.07, 6.45) is 3.48. The van der Waals surface area contributed by atoms with Crippen molar-refractivity contribution in [2.75, 3.05) is 6.61 Å². The van der Waals surface area contributed by atoms with Crippen LogP contribution in [0, 0.1) is 12.8 Å². The highest BCUT2D eigenvalue weighted by molar-refractivity contribution is 5.97. The summed E-state index contributed by atoms with van der Waals surface area (Å²) in [7, 11) is 0. The molecule has 0 aliphatic rings. The number of ether oxygens (including phenoxy) is 1. The largest absolute Gasteiger partial charge is 0.494 e. The Balaban J connectivity index is 1.83. The van der Waals surface area contributed by atoms with E-state index in [9.17, 15) is 9.59 Å². The Labute approximate surface area is 202 Å². The Kier molecular flexibility index (Phi) is 8.79. The first-order valence-corrected chi connectivity index (χ1v) is 11.6. The number of carbonyl (C=O) groups excluding carboxylic acids is 2. The zero-order valence-corrected chi connectivity index (χ0v) is 20.3. The molecule has 1 unspecified atom stereocenters. The van der Waals surface area contributed by atoms with E-state index in [-0.39, 0.29) is 17.7 Å². The summed E-state index contributed by atoms with van der Waals surface area (Å²) in [5.74, 6) is 0.206. The average Bonchev–Trinajstić information content (AvgIpc) is 2.84. The van der Waals surface area contributed by atoms with Crippen LogP contribution in [0.4, 0.5) is 0 Å². The topological polar surface area (TPSA) is 71.5 Å². The lowest BCUT2D eigenvalue weighted by Gasteiger charge is -2.30. The van der Waals surface area contributed by atoms with Crippen LogP contribution in [0.25, 0.3) is 0 Å². The lowest BCUT2D eigenvalue weighted by atomic mass is 10.0. The molecule has 2 aromatic carbocycles. The Morgan fingerprint density at radius 2 is 1.74 bits per heavy atom. The van der Waals surface area contributed by atoms with E-state index >= 15 is 0 Å². The molecule has 0 bridgehead atoms. The summed E-state index contributed by atoms with van der Waals surface area (Å²) in [5, 5.41) is 2.96. The fourth-order valence-corrected chi connectivity index (χ4v) is 3.72. The maximum atomic E-state index is 13.8. The quantitative estimate of drug-likeness (QED) is 0.474. The number of hydrogen-bond donors (Lipinski definition) is 1. The van der Waals surface area contributed by atoms with E-state index in [4.69, 9.17) is 4.74 Å². The Morgan fingerprint density at radius 1 is 1.00 bits per heavy atom. The van der Waals surface area contributed by atoms with Crippen molar-refractivity contribution in [3.05, 3.63) is 95.3 Å². The Morgan fingerprint density at radius 3 is 2.35 bits per heavy atom. The van der Waals surface area contributed by atoms with Crippen molar-refractivity contribution >= 4 is 11.8 Å². The molecule has 1 atom stereocenters. The van der Waals surface area contributed by atoms with Crippen molar-refractivity contribution in [2.45, 2.75) is 46.8 Å². The number of nitrogens with zero attached hydrogens (tertiary/aromatic N) is 2.